The van der Waals surface area contributed by atoms with Crippen LogP contribution in [0.4, 0.5) is 0 Å². The number of fused-ring (bicyclic) bond motifs is 1. The van der Waals surface area contributed by atoms with Gasteiger partial charge in [-0.05, 0) is 75.4 Å². The van der Waals surface area contributed by atoms with Crippen LogP contribution >= 0.6 is 7.82 Å². The quantitative estimate of drug-likeness (QED) is 0.680. The molecule has 2 fully saturated rings. The van der Waals surface area contributed by atoms with Crippen molar-refractivity contribution in [3.8, 4) is 5.75 Å². The van der Waals surface area contributed by atoms with Crippen molar-refractivity contribution in [2.75, 3.05) is 20.2 Å². The summed E-state index contributed by atoms with van der Waals surface area (Å²) in [5, 5.41) is 9.91. The van der Waals surface area contributed by atoms with Crippen molar-refractivity contribution in [1.29, 1.82) is 0 Å². The first kappa shape index (κ1) is 19.8. The molecule has 1 saturated carbocycles. The van der Waals surface area contributed by atoms with Crippen LogP contribution in [0.2, 0.25) is 0 Å². The van der Waals surface area contributed by atoms with E-state index in [2.05, 4.69) is 28.6 Å². The van der Waals surface area contributed by atoms with Gasteiger partial charge in [0.2, 0.25) is 0 Å². The van der Waals surface area contributed by atoms with Gasteiger partial charge in [-0.25, -0.2) is 4.57 Å². The Bertz CT molecular complexity index is 691. The number of aromatic hydroxyl groups is 1. The molecule has 1 saturated heterocycles. The van der Waals surface area contributed by atoms with Crippen molar-refractivity contribution in [2.45, 2.75) is 56.9 Å². The molecule has 0 radical (unpaired) electrons. The summed E-state index contributed by atoms with van der Waals surface area (Å²) in [6.45, 7) is 2.78. The number of rotatable bonds is 2. The number of phenols is 1. The molecule has 3 N–H and O–H groups in total. The minimum absolute atomic E-state index is 0.0459. The minimum Gasteiger partial charge on any atom is -0.508 e. The molecule has 146 valence electrons. The lowest BCUT2D eigenvalue weighted by Crippen LogP contribution is -2.59. The highest BCUT2D eigenvalue weighted by atomic mass is 31.2. The van der Waals surface area contributed by atoms with Crippen LogP contribution in [0.15, 0.2) is 18.2 Å². The van der Waals surface area contributed by atoms with E-state index in [0.717, 1.165) is 12.0 Å². The zero-order chi connectivity index (χ0) is 18.9. The topological polar surface area (TPSA) is 90.2 Å². The number of phosphoric ester groups is 1. The van der Waals surface area contributed by atoms with Crippen LogP contribution in [0.5, 0.6) is 5.75 Å². The van der Waals surface area contributed by atoms with E-state index in [-0.39, 0.29) is 6.61 Å². The Hall–Kier alpha value is -0.910. The molecule has 1 heterocycles. The van der Waals surface area contributed by atoms with Crippen LogP contribution in [-0.4, -0.2) is 46.0 Å². The predicted octanol–water partition coefficient (Wildman–Crippen LogP) is 3.20. The van der Waals surface area contributed by atoms with E-state index in [1.807, 2.05) is 6.07 Å². The van der Waals surface area contributed by atoms with Gasteiger partial charge >= 0.3 is 7.82 Å². The molecule has 0 spiro atoms. The van der Waals surface area contributed by atoms with Crippen molar-refractivity contribution < 1.29 is 24.0 Å². The van der Waals surface area contributed by atoms with Crippen LogP contribution in [0.3, 0.4) is 0 Å². The SMILES string of the molecule is CCOP(=O)(O)O.CN1CC[C@]23CCCC[C@H]2[C@H]1Cc1ccc(O)cc13. The molecule has 0 amide bonds. The Morgan fingerprint density at radius 3 is 2.73 bits per heavy atom. The number of phosphoric acid groups is 1. The second kappa shape index (κ2) is 7.61. The summed E-state index contributed by atoms with van der Waals surface area (Å²) in [7, 11) is -1.87. The number of likely N-dealkylation sites (tertiary alicyclic amines) is 1. The van der Waals surface area contributed by atoms with E-state index >= 15 is 0 Å². The van der Waals surface area contributed by atoms with E-state index in [1.54, 1.807) is 0 Å². The summed E-state index contributed by atoms with van der Waals surface area (Å²) in [6, 6.07) is 6.85. The van der Waals surface area contributed by atoms with Crippen LogP contribution in [0.25, 0.3) is 0 Å². The molecule has 0 aromatic heterocycles. The third-order valence-corrected chi connectivity index (χ3v) is 6.99. The van der Waals surface area contributed by atoms with Crippen LogP contribution in [0, 0.1) is 5.92 Å². The smallest absolute Gasteiger partial charge is 0.469 e. The third kappa shape index (κ3) is 3.85. The van der Waals surface area contributed by atoms with Gasteiger partial charge in [0.05, 0.1) is 6.61 Å². The summed E-state index contributed by atoms with van der Waals surface area (Å²) in [4.78, 5) is 18.4. The van der Waals surface area contributed by atoms with E-state index in [9.17, 15) is 9.67 Å². The standard InChI is InChI=1S/C17H23NO.C2H7O4P/c1-18-9-8-17-7-3-2-4-14(17)16(18)10-12-5-6-13(19)11-15(12)17;1-2-6-7(3,4)5/h5-6,11,14,16,19H,2-4,7-10H2,1H3;2H2,1H3,(H2,3,4,5)/t14-,16+,17+;/m0./s1. The molecule has 3 atom stereocenters. The van der Waals surface area contributed by atoms with E-state index in [1.165, 1.54) is 63.1 Å². The second-order valence-electron chi connectivity index (χ2n) is 7.76. The van der Waals surface area contributed by atoms with Crippen molar-refractivity contribution in [3.63, 3.8) is 0 Å². The van der Waals surface area contributed by atoms with E-state index in [4.69, 9.17) is 9.79 Å². The molecule has 26 heavy (non-hydrogen) atoms. The lowest BCUT2D eigenvalue weighted by atomic mass is 9.52. The van der Waals surface area contributed by atoms with Gasteiger partial charge in [-0.2, -0.15) is 0 Å². The Kier molecular flexibility index (Phi) is 5.80. The van der Waals surface area contributed by atoms with Crippen LogP contribution in [-0.2, 0) is 20.9 Å². The van der Waals surface area contributed by atoms with Gasteiger partial charge in [0.25, 0.3) is 0 Å². The largest absolute Gasteiger partial charge is 0.508 e. The fourth-order valence-electron chi connectivity index (χ4n) is 5.35. The molecule has 1 aliphatic heterocycles. The van der Waals surface area contributed by atoms with Gasteiger partial charge in [0.15, 0.2) is 0 Å². The molecule has 2 bridgehead atoms. The number of hydrogen-bond acceptors (Lipinski definition) is 4. The molecule has 2 aliphatic carbocycles. The lowest BCUT2D eigenvalue weighted by molar-refractivity contribution is 0.00274. The number of hydrogen-bond donors (Lipinski definition) is 3. The predicted molar refractivity (Wildman–Crippen MR) is 100 cm³/mol. The molecule has 6 nitrogen and oxygen atoms in total. The Morgan fingerprint density at radius 2 is 2.08 bits per heavy atom. The normalized spacial score (nSPS) is 30.6. The zero-order valence-corrected chi connectivity index (χ0v) is 16.5. The molecule has 1 aromatic rings. The van der Waals surface area contributed by atoms with Gasteiger partial charge in [-0.3, -0.25) is 4.52 Å². The fourth-order valence-corrected chi connectivity index (χ4v) is 5.69. The summed E-state index contributed by atoms with van der Waals surface area (Å²) in [5.41, 5.74) is 3.36. The average Bonchev–Trinajstić information content (AvgIpc) is 2.58. The number of likely N-dealkylation sites (N-methyl/N-ethyl adjacent to an activating group) is 1. The van der Waals surface area contributed by atoms with Gasteiger partial charge in [-0.1, -0.05) is 18.9 Å². The molecule has 0 unspecified atom stereocenters. The molecule has 4 rings (SSSR count). The summed E-state index contributed by atoms with van der Waals surface area (Å²) >= 11 is 0. The highest BCUT2D eigenvalue weighted by molar-refractivity contribution is 7.46. The fraction of sp³-hybridized carbons (Fsp3) is 0.684. The number of benzene rings is 1. The van der Waals surface area contributed by atoms with Crippen molar-refractivity contribution in [2.24, 2.45) is 5.92 Å². The van der Waals surface area contributed by atoms with Gasteiger partial charge in [-0.15, -0.1) is 0 Å². The molecule has 7 heteroatoms. The van der Waals surface area contributed by atoms with E-state index in [0.29, 0.717) is 11.2 Å². The van der Waals surface area contributed by atoms with Gasteiger partial charge in [0, 0.05) is 11.5 Å². The molecule has 3 aliphatic rings. The highest BCUT2D eigenvalue weighted by Crippen LogP contribution is 2.55. The van der Waals surface area contributed by atoms with Crippen molar-refractivity contribution in [3.05, 3.63) is 29.3 Å². The monoisotopic (exact) mass is 383 g/mol. The first-order valence-corrected chi connectivity index (χ1v) is 11.0. The average molecular weight is 383 g/mol. The summed E-state index contributed by atoms with van der Waals surface area (Å²) in [6.07, 6.45) is 7.93. The summed E-state index contributed by atoms with van der Waals surface area (Å²) < 4.78 is 13.6. The molecule has 1 aromatic carbocycles. The molecular formula is C19H30NO5P. The first-order chi connectivity index (χ1) is 12.3. The third-order valence-electron chi connectivity index (χ3n) is 6.40. The number of phenolic OH excluding ortho intramolecular Hbond substituents is 1. The Labute approximate surface area is 155 Å². The number of nitrogens with zero attached hydrogens (tertiary/aromatic N) is 1. The maximum atomic E-state index is 9.91. The number of piperidine rings is 1. The van der Waals surface area contributed by atoms with Gasteiger partial charge < -0.3 is 19.8 Å². The van der Waals surface area contributed by atoms with Gasteiger partial charge in [0.1, 0.15) is 5.75 Å². The lowest BCUT2D eigenvalue weighted by Gasteiger charge is -2.58. The van der Waals surface area contributed by atoms with Crippen molar-refractivity contribution >= 4 is 7.82 Å². The molecular weight excluding hydrogens is 353 g/mol. The minimum atomic E-state index is -4.17. The van der Waals surface area contributed by atoms with Crippen LogP contribution in [0.1, 0.15) is 50.2 Å². The van der Waals surface area contributed by atoms with Crippen LogP contribution < -0.4 is 0 Å². The maximum absolute atomic E-state index is 9.91. The highest BCUT2D eigenvalue weighted by Gasteiger charge is 2.52. The zero-order valence-electron chi connectivity index (χ0n) is 15.6. The summed E-state index contributed by atoms with van der Waals surface area (Å²) in [5.74, 6) is 1.27. The van der Waals surface area contributed by atoms with E-state index < -0.39 is 7.82 Å². The Balaban J connectivity index is 0.000000242. The first-order valence-electron chi connectivity index (χ1n) is 9.49. The van der Waals surface area contributed by atoms with Crippen molar-refractivity contribution in [1.82, 2.24) is 4.90 Å². The second-order valence-corrected chi connectivity index (χ2v) is 9.00. The Morgan fingerprint density at radius 1 is 1.31 bits per heavy atom. The maximum Gasteiger partial charge on any atom is 0.469 e.